The second kappa shape index (κ2) is 5.59. The maximum atomic E-state index is 6.13. The smallest absolute Gasteiger partial charge is 0.0656 e. The molecule has 0 nitrogen and oxygen atoms in total. The highest BCUT2D eigenvalue weighted by Crippen LogP contribution is 2.37. The van der Waals surface area contributed by atoms with Gasteiger partial charge in [0.15, 0.2) is 0 Å². The number of benzene rings is 1. The molecule has 0 amide bonds. The topological polar surface area (TPSA) is 0 Å². The Kier molecular flexibility index (Phi) is 4.55. The van der Waals surface area contributed by atoms with Crippen molar-refractivity contribution in [1.82, 2.24) is 0 Å². The van der Waals surface area contributed by atoms with Crippen LogP contribution < -0.4 is 0 Å². The minimum absolute atomic E-state index is 0.248. The van der Waals surface area contributed by atoms with Gasteiger partial charge in [0.2, 0.25) is 0 Å². The Bertz CT molecular complexity index is 550. The molecule has 90 valence electrons. The summed E-state index contributed by atoms with van der Waals surface area (Å²) in [6, 6.07) is 6.42. The van der Waals surface area contributed by atoms with E-state index < -0.39 is 0 Å². The minimum Gasteiger partial charge on any atom is -0.137 e. The van der Waals surface area contributed by atoms with Gasteiger partial charge in [-0.25, -0.2) is 0 Å². The molecule has 1 aromatic heterocycles. The summed E-state index contributed by atoms with van der Waals surface area (Å²) in [5.41, 5.74) is 4.95. The van der Waals surface area contributed by atoms with E-state index in [0.717, 1.165) is 10.6 Å². The highest BCUT2D eigenvalue weighted by molar-refractivity contribution is 14.1. The Hall–Kier alpha value is 0.420. The molecule has 0 aliphatic heterocycles. The third-order valence-electron chi connectivity index (χ3n) is 2.70. The zero-order valence-electron chi connectivity index (χ0n) is 9.43. The molecule has 0 fully saturated rings. The lowest BCUT2D eigenvalue weighted by Crippen LogP contribution is -1.96. The summed E-state index contributed by atoms with van der Waals surface area (Å²) in [5.74, 6) is 0. The normalized spacial score (nSPS) is 12.8. The van der Waals surface area contributed by atoms with Crippen molar-refractivity contribution in [3.63, 3.8) is 0 Å². The lowest BCUT2D eigenvalue weighted by atomic mass is 10.00. The van der Waals surface area contributed by atoms with Crippen LogP contribution in [0.3, 0.4) is 0 Å². The van der Waals surface area contributed by atoms with Crippen LogP contribution in [0.25, 0.3) is 0 Å². The molecule has 0 radical (unpaired) electrons. The van der Waals surface area contributed by atoms with Crippen molar-refractivity contribution in [2.24, 2.45) is 0 Å². The van der Waals surface area contributed by atoms with Gasteiger partial charge < -0.3 is 0 Å². The molecule has 2 aromatic rings. The van der Waals surface area contributed by atoms with Gasteiger partial charge in [-0.1, -0.05) is 33.6 Å². The zero-order chi connectivity index (χ0) is 12.6. The SMILES string of the molecule is Cc1cc(C(Br)c2csc(I)c2)c(C)cc1Cl. The molecular formula is C13H11BrClIS. The van der Waals surface area contributed by atoms with E-state index in [0.29, 0.717) is 0 Å². The minimum atomic E-state index is 0.248. The van der Waals surface area contributed by atoms with E-state index >= 15 is 0 Å². The lowest BCUT2D eigenvalue weighted by Gasteiger charge is -2.14. The summed E-state index contributed by atoms with van der Waals surface area (Å²) in [6.07, 6.45) is 0. The number of aryl methyl sites for hydroxylation is 2. The second-order valence-corrected chi connectivity index (χ2v) is 8.13. The van der Waals surface area contributed by atoms with Crippen molar-refractivity contribution in [3.8, 4) is 0 Å². The Morgan fingerprint density at radius 3 is 2.53 bits per heavy atom. The Balaban J connectivity index is 2.43. The van der Waals surface area contributed by atoms with Crippen molar-refractivity contribution in [1.29, 1.82) is 0 Å². The van der Waals surface area contributed by atoms with Crippen molar-refractivity contribution < 1.29 is 0 Å². The third kappa shape index (κ3) is 3.06. The van der Waals surface area contributed by atoms with Crippen LogP contribution in [0.2, 0.25) is 5.02 Å². The van der Waals surface area contributed by atoms with Crippen LogP contribution in [-0.4, -0.2) is 0 Å². The molecule has 0 N–H and O–H groups in total. The fraction of sp³-hybridized carbons (Fsp3) is 0.231. The van der Waals surface area contributed by atoms with Crippen LogP contribution in [0.4, 0.5) is 0 Å². The number of hydrogen-bond donors (Lipinski definition) is 0. The van der Waals surface area contributed by atoms with E-state index in [1.807, 2.05) is 13.0 Å². The molecule has 0 spiro atoms. The molecule has 1 unspecified atom stereocenters. The maximum absolute atomic E-state index is 6.13. The number of hydrogen-bond acceptors (Lipinski definition) is 1. The average molecular weight is 442 g/mol. The fourth-order valence-electron chi connectivity index (χ4n) is 1.71. The Labute approximate surface area is 133 Å². The molecule has 0 bridgehead atoms. The van der Waals surface area contributed by atoms with E-state index in [4.69, 9.17) is 11.6 Å². The molecule has 17 heavy (non-hydrogen) atoms. The van der Waals surface area contributed by atoms with Gasteiger partial charge in [-0.3, -0.25) is 0 Å². The predicted octanol–water partition coefficient (Wildman–Crippen LogP) is 6.11. The van der Waals surface area contributed by atoms with Gasteiger partial charge in [-0.15, -0.1) is 11.3 Å². The highest BCUT2D eigenvalue weighted by Gasteiger charge is 2.15. The maximum Gasteiger partial charge on any atom is 0.0656 e. The van der Waals surface area contributed by atoms with Crippen LogP contribution in [0.15, 0.2) is 23.6 Å². The van der Waals surface area contributed by atoms with E-state index in [1.165, 1.54) is 19.6 Å². The third-order valence-corrected chi connectivity index (χ3v) is 5.94. The van der Waals surface area contributed by atoms with Gasteiger partial charge in [0.25, 0.3) is 0 Å². The van der Waals surface area contributed by atoms with E-state index in [1.54, 1.807) is 11.3 Å². The molecule has 2 rings (SSSR count). The van der Waals surface area contributed by atoms with Gasteiger partial charge in [-0.2, -0.15) is 0 Å². The van der Waals surface area contributed by atoms with Crippen molar-refractivity contribution >= 4 is 61.5 Å². The number of halogens is 3. The first-order chi connectivity index (χ1) is 7.99. The molecule has 1 atom stereocenters. The Morgan fingerprint density at radius 1 is 1.24 bits per heavy atom. The number of rotatable bonds is 2. The molecule has 4 heteroatoms. The average Bonchev–Trinajstić information content (AvgIpc) is 2.69. The van der Waals surface area contributed by atoms with Crippen molar-refractivity contribution in [3.05, 3.63) is 53.7 Å². The summed E-state index contributed by atoms with van der Waals surface area (Å²) in [6.45, 7) is 4.15. The van der Waals surface area contributed by atoms with Crippen LogP contribution in [0.1, 0.15) is 27.1 Å². The largest absolute Gasteiger partial charge is 0.137 e. The molecule has 0 aliphatic rings. The first-order valence-electron chi connectivity index (χ1n) is 5.13. The van der Waals surface area contributed by atoms with E-state index in [2.05, 4.69) is 63.0 Å². The molecule has 1 heterocycles. The molecule has 0 saturated carbocycles. The monoisotopic (exact) mass is 440 g/mol. The molecule has 0 aliphatic carbocycles. The predicted molar refractivity (Wildman–Crippen MR) is 88.7 cm³/mol. The lowest BCUT2D eigenvalue weighted by molar-refractivity contribution is 1.14. The van der Waals surface area contributed by atoms with E-state index in [9.17, 15) is 0 Å². The van der Waals surface area contributed by atoms with Gasteiger partial charge >= 0.3 is 0 Å². The van der Waals surface area contributed by atoms with Gasteiger partial charge in [0.1, 0.15) is 0 Å². The van der Waals surface area contributed by atoms with Crippen LogP contribution >= 0.6 is 61.5 Å². The molecule has 1 aromatic carbocycles. The van der Waals surface area contributed by atoms with Crippen LogP contribution in [-0.2, 0) is 0 Å². The van der Waals surface area contributed by atoms with Crippen molar-refractivity contribution in [2.75, 3.05) is 0 Å². The highest BCUT2D eigenvalue weighted by atomic mass is 127. The Morgan fingerprint density at radius 2 is 1.94 bits per heavy atom. The standard InChI is InChI=1S/C13H11BrClIS/c1-7-4-11(15)8(2)3-10(7)13(14)9-5-12(16)17-6-9/h3-6,13H,1-2H3. The number of alkyl halides is 1. The summed E-state index contributed by atoms with van der Waals surface area (Å²) in [7, 11) is 0. The van der Waals surface area contributed by atoms with E-state index in [-0.39, 0.29) is 4.83 Å². The van der Waals surface area contributed by atoms with Gasteiger partial charge in [0.05, 0.1) is 7.71 Å². The summed E-state index contributed by atoms with van der Waals surface area (Å²) >= 11 is 14.0. The molecule has 0 saturated heterocycles. The summed E-state index contributed by atoms with van der Waals surface area (Å²) in [5, 5.41) is 3.04. The number of thiophene rings is 1. The zero-order valence-corrected chi connectivity index (χ0v) is 14.7. The van der Waals surface area contributed by atoms with Crippen LogP contribution in [0, 0.1) is 16.7 Å². The quantitative estimate of drug-likeness (QED) is 0.390. The van der Waals surface area contributed by atoms with Crippen molar-refractivity contribution in [2.45, 2.75) is 18.7 Å². The van der Waals surface area contributed by atoms with Crippen LogP contribution in [0.5, 0.6) is 0 Å². The first kappa shape index (κ1) is 13.8. The second-order valence-electron chi connectivity index (χ2n) is 4.00. The molecular weight excluding hydrogens is 430 g/mol. The van der Waals surface area contributed by atoms with Gasteiger partial charge in [0, 0.05) is 5.02 Å². The first-order valence-corrected chi connectivity index (χ1v) is 8.39. The van der Waals surface area contributed by atoms with Gasteiger partial charge in [-0.05, 0) is 76.2 Å². The fourth-order valence-corrected chi connectivity index (χ4v) is 4.26. The summed E-state index contributed by atoms with van der Waals surface area (Å²) < 4.78 is 1.31. The summed E-state index contributed by atoms with van der Waals surface area (Å²) in [4.78, 5) is 0.248.